The highest BCUT2D eigenvalue weighted by Gasteiger charge is 2.24. The predicted molar refractivity (Wildman–Crippen MR) is 131 cm³/mol. The quantitative estimate of drug-likeness (QED) is 0.444. The number of nitrogens with zero attached hydrogens (tertiary/aromatic N) is 3. The molecule has 0 aliphatic rings. The molecule has 2 heterocycles. The van der Waals surface area contributed by atoms with E-state index in [0.717, 1.165) is 12.0 Å². The fraction of sp³-hybridized carbons (Fsp3) is 0.320. The Balaban J connectivity index is 1.91. The molecule has 1 N–H and O–H groups in total. The predicted octanol–water partition coefficient (Wildman–Crippen LogP) is 4.08. The average Bonchev–Trinajstić information content (AvgIpc) is 2.79. The zero-order valence-corrected chi connectivity index (χ0v) is 20.8. The molecule has 34 heavy (non-hydrogen) atoms. The lowest BCUT2D eigenvalue weighted by Gasteiger charge is -2.25. The molecule has 2 aromatic heterocycles. The summed E-state index contributed by atoms with van der Waals surface area (Å²) in [7, 11) is 0. The Kier molecular flexibility index (Phi) is 7.84. The summed E-state index contributed by atoms with van der Waals surface area (Å²) in [5.74, 6) is -1.16. The maximum atomic E-state index is 13.2. The Labute approximate surface area is 205 Å². The summed E-state index contributed by atoms with van der Waals surface area (Å²) in [6.07, 6.45) is 3.04. The number of benzene rings is 1. The Morgan fingerprint density at radius 2 is 1.94 bits per heavy atom. The molecule has 3 rings (SSSR count). The van der Waals surface area contributed by atoms with Crippen molar-refractivity contribution in [3.05, 3.63) is 74.1 Å². The van der Waals surface area contributed by atoms with Gasteiger partial charge < -0.3 is 10.1 Å². The molecule has 0 atom stereocenters. The van der Waals surface area contributed by atoms with Gasteiger partial charge in [0.05, 0.1) is 11.6 Å². The summed E-state index contributed by atoms with van der Waals surface area (Å²) in [5, 5.41) is 12.2. The summed E-state index contributed by atoms with van der Waals surface area (Å²) in [5.41, 5.74) is 0.158. The van der Waals surface area contributed by atoms with E-state index in [-0.39, 0.29) is 24.3 Å². The Morgan fingerprint density at radius 1 is 1.24 bits per heavy atom. The van der Waals surface area contributed by atoms with Crippen molar-refractivity contribution in [3.63, 3.8) is 0 Å². The maximum Gasteiger partial charge on any atom is 0.326 e. The lowest BCUT2D eigenvalue weighted by Crippen LogP contribution is -2.36. The number of nitriles is 1. The number of pyridine rings is 2. The first-order valence-corrected chi connectivity index (χ1v) is 11.6. The molecule has 9 heteroatoms. The first-order chi connectivity index (χ1) is 16.1. The summed E-state index contributed by atoms with van der Waals surface area (Å²) in [4.78, 5) is 43.1. The van der Waals surface area contributed by atoms with Crippen LogP contribution in [-0.4, -0.2) is 27.0 Å². The summed E-state index contributed by atoms with van der Waals surface area (Å²) < 4.78 is 7.41. The number of hydrogen-bond donors (Lipinski definition) is 1. The van der Waals surface area contributed by atoms with E-state index in [4.69, 9.17) is 10.00 Å². The molecule has 8 nitrogen and oxygen atoms in total. The van der Waals surface area contributed by atoms with Crippen molar-refractivity contribution in [1.29, 1.82) is 5.26 Å². The molecule has 0 spiro atoms. The van der Waals surface area contributed by atoms with Crippen molar-refractivity contribution in [3.8, 4) is 6.07 Å². The monoisotopic (exact) mass is 524 g/mol. The van der Waals surface area contributed by atoms with Crippen LogP contribution >= 0.6 is 15.9 Å². The minimum atomic E-state index is -0.669. The van der Waals surface area contributed by atoms with Crippen LogP contribution in [0.25, 0.3) is 11.0 Å². The summed E-state index contributed by atoms with van der Waals surface area (Å²) in [6.45, 7) is 5.44. The molecule has 0 aliphatic carbocycles. The van der Waals surface area contributed by atoms with Crippen molar-refractivity contribution in [1.82, 2.24) is 14.9 Å². The van der Waals surface area contributed by atoms with E-state index in [0.29, 0.717) is 21.8 Å². The van der Waals surface area contributed by atoms with Crippen LogP contribution in [0.4, 0.5) is 0 Å². The topological polar surface area (TPSA) is 114 Å². The number of carbonyl (C=O) groups excluding carboxylic acids is 2. The molecule has 0 aliphatic heterocycles. The fourth-order valence-electron chi connectivity index (χ4n) is 3.64. The molecule has 176 valence electrons. The molecule has 0 unspecified atom stereocenters. The number of halogens is 1. The van der Waals surface area contributed by atoms with Crippen LogP contribution in [0.2, 0.25) is 0 Å². The van der Waals surface area contributed by atoms with E-state index >= 15 is 0 Å². The molecular formula is C25H25BrN4O4. The minimum Gasteiger partial charge on any atom is -0.458 e. The van der Waals surface area contributed by atoms with E-state index < -0.39 is 23.0 Å². The normalized spacial score (nSPS) is 11.1. The number of aromatic nitrogens is 2. The SMILES string of the molecule is CCCC(C)(C)OC(=O)Cn1c(=O)c(C(=O)NCc2ccc(C#N)cc2)cc2cc(Br)cnc21. The molecule has 3 aromatic rings. The van der Waals surface area contributed by atoms with Crippen molar-refractivity contribution in [2.75, 3.05) is 0 Å². The van der Waals surface area contributed by atoms with Gasteiger partial charge in [0, 0.05) is 22.6 Å². The number of rotatable bonds is 8. The fourth-order valence-corrected chi connectivity index (χ4v) is 3.99. The first kappa shape index (κ1) is 25.1. The van der Waals surface area contributed by atoms with E-state index in [9.17, 15) is 14.4 Å². The van der Waals surface area contributed by atoms with Crippen LogP contribution in [0.3, 0.4) is 0 Å². The van der Waals surface area contributed by atoms with Gasteiger partial charge in [-0.3, -0.25) is 19.0 Å². The van der Waals surface area contributed by atoms with E-state index in [1.54, 1.807) is 30.3 Å². The Morgan fingerprint density at radius 3 is 2.59 bits per heavy atom. The van der Waals surface area contributed by atoms with Crippen LogP contribution in [0.5, 0.6) is 0 Å². The summed E-state index contributed by atoms with van der Waals surface area (Å²) >= 11 is 3.35. The lowest BCUT2D eigenvalue weighted by atomic mass is 10.0. The molecule has 0 saturated carbocycles. The van der Waals surface area contributed by atoms with Gasteiger partial charge in [-0.05, 0) is 66.0 Å². The number of fused-ring (bicyclic) bond motifs is 1. The second-order valence-corrected chi connectivity index (χ2v) is 9.41. The molecule has 0 saturated heterocycles. The van der Waals surface area contributed by atoms with Crippen LogP contribution in [0.15, 0.2) is 51.9 Å². The van der Waals surface area contributed by atoms with Crippen LogP contribution < -0.4 is 10.9 Å². The second kappa shape index (κ2) is 10.6. The van der Waals surface area contributed by atoms with Crippen LogP contribution in [0.1, 0.15) is 55.1 Å². The Bertz CT molecular complexity index is 1320. The molecule has 1 aromatic carbocycles. The van der Waals surface area contributed by atoms with Gasteiger partial charge in [0.2, 0.25) is 0 Å². The van der Waals surface area contributed by atoms with E-state index in [1.807, 2.05) is 26.8 Å². The highest BCUT2D eigenvalue weighted by Crippen LogP contribution is 2.19. The smallest absolute Gasteiger partial charge is 0.326 e. The van der Waals surface area contributed by atoms with Gasteiger partial charge in [-0.1, -0.05) is 25.5 Å². The maximum absolute atomic E-state index is 13.2. The van der Waals surface area contributed by atoms with E-state index in [2.05, 4.69) is 26.2 Å². The largest absolute Gasteiger partial charge is 0.458 e. The third-order valence-corrected chi connectivity index (χ3v) is 5.64. The van der Waals surface area contributed by atoms with Crippen molar-refractivity contribution >= 4 is 38.8 Å². The number of amides is 1. The first-order valence-electron chi connectivity index (χ1n) is 10.8. The molecule has 0 bridgehead atoms. The lowest BCUT2D eigenvalue weighted by molar-refractivity contribution is -0.157. The number of carbonyl (C=O) groups is 2. The van der Waals surface area contributed by atoms with E-state index in [1.165, 1.54) is 16.8 Å². The second-order valence-electron chi connectivity index (χ2n) is 8.49. The van der Waals surface area contributed by atoms with Crippen molar-refractivity contribution < 1.29 is 14.3 Å². The standard InChI is InChI=1S/C25H25BrN4O4/c1-4-9-25(2,3)34-21(31)15-30-22-18(10-19(26)14-28-22)11-20(24(30)33)23(32)29-13-17-7-5-16(12-27)6-8-17/h5-8,10-11,14H,4,9,13,15H2,1-3H3,(H,29,32). The number of nitrogens with one attached hydrogen (secondary N) is 1. The van der Waals surface area contributed by atoms with Gasteiger partial charge in [0.15, 0.2) is 0 Å². The van der Waals surface area contributed by atoms with Crippen molar-refractivity contribution in [2.45, 2.75) is 52.3 Å². The van der Waals surface area contributed by atoms with Crippen LogP contribution in [-0.2, 0) is 22.6 Å². The Hall–Kier alpha value is -3.51. The third kappa shape index (κ3) is 6.08. The highest BCUT2D eigenvalue weighted by atomic mass is 79.9. The molecule has 0 radical (unpaired) electrons. The average molecular weight is 525 g/mol. The van der Waals surface area contributed by atoms with Gasteiger partial charge >= 0.3 is 5.97 Å². The molecular weight excluding hydrogens is 500 g/mol. The molecule has 0 fully saturated rings. The van der Waals surface area contributed by atoms with Gasteiger partial charge in [-0.2, -0.15) is 5.26 Å². The van der Waals surface area contributed by atoms with Gasteiger partial charge in [-0.15, -0.1) is 0 Å². The highest BCUT2D eigenvalue weighted by molar-refractivity contribution is 9.10. The van der Waals surface area contributed by atoms with Gasteiger partial charge in [-0.25, -0.2) is 4.98 Å². The van der Waals surface area contributed by atoms with Gasteiger partial charge in [0.1, 0.15) is 23.4 Å². The van der Waals surface area contributed by atoms with Crippen molar-refractivity contribution in [2.24, 2.45) is 0 Å². The zero-order valence-electron chi connectivity index (χ0n) is 19.2. The van der Waals surface area contributed by atoms with Crippen LogP contribution in [0, 0.1) is 11.3 Å². The number of esters is 1. The zero-order chi connectivity index (χ0) is 24.9. The third-order valence-electron chi connectivity index (χ3n) is 5.20. The number of ether oxygens (including phenoxy) is 1. The summed E-state index contributed by atoms with van der Waals surface area (Å²) in [6, 6.07) is 12.0. The van der Waals surface area contributed by atoms with Gasteiger partial charge in [0.25, 0.3) is 11.5 Å². The number of hydrogen-bond acceptors (Lipinski definition) is 6. The molecule has 1 amide bonds. The minimum absolute atomic E-state index is 0.110.